The van der Waals surface area contributed by atoms with Crippen LogP contribution in [0.25, 0.3) is 11.0 Å². The van der Waals surface area contributed by atoms with Crippen LogP contribution in [0.15, 0.2) is 28.7 Å². The van der Waals surface area contributed by atoms with E-state index in [9.17, 15) is 0 Å². The number of aryl methyl sites for hydroxylation is 1. The molecule has 0 unspecified atom stereocenters. The lowest BCUT2D eigenvalue weighted by molar-refractivity contribution is -0.134. The summed E-state index contributed by atoms with van der Waals surface area (Å²) < 4.78 is 5.93. The van der Waals surface area contributed by atoms with Crippen LogP contribution >= 0.6 is 0 Å². The Morgan fingerprint density at radius 3 is 2.67 bits per heavy atom. The summed E-state index contributed by atoms with van der Waals surface area (Å²) in [6.07, 6.45) is 3.64. The number of furan rings is 1. The lowest BCUT2D eigenvalue weighted by atomic mass is 9.93. The molecule has 3 rings (SSSR count). The van der Waals surface area contributed by atoms with E-state index in [-0.39, 0.29) is 0 Å². The minimum Gasteiger partial charge on any atom is -0.481 e. The Hall–Kier alpha value is -1.81. The molecule has 0 atom stereocenters. The van der Waals surface area contributed by atoms with Crippen molar-refractivity contribution in [1.82, 2.24) is 5.32 Å². The minimum absolute atomic E-state index is 0.789. The predicted octanol–water partition coefficient (Wildman–Crippen LogP) is 3.37. The van der Waals surface area contributed by atoms with Gasteiger partial charge in [-0.3, -0.25) is 4.79 Å². The highest BCUT2D eigenvalue weighted by Crippen LogP contribution is 2.26. The fraction of sp³-hybridized carbons (Fsp3) is 0.471. The number of aliphatic carboxylic acids is 1. The van der Waals surface area contributed by atoms with Crippen molar-refractivity contribution in [3.8, 4) is 0 Å². The molecule has 0 spiro atoms. The number of benzene rings is 1. The molecule has 0 radical (unpaired) electrons. The number of piperidine rings is 1. The van der Waals surface area contributed by atoms with Crippen molar-refractivity contribution in [2.24, 2.45) is 5.92 Å². The van der Waals surface area contributed by atoms with Gasteiger partial charge in [-0.25, -0.2) is 0 Å². The molecular formula is C17H23NO3. The van der Waals surface area contributed by atoms with E-state index in [1.165, 1.54) is 23.8 Å². The van der Waals surface area contributed by atoms with Gasteiger partial charge >= 0.3 is 0 Å². The van der Waals surface area contributed by atoms with Crippen molar-refractivity contribution in [2.75, 3.05) is 13.1 Å². The average molecular weight is 289 g/mol. The average Bonchev–Trinajstić information content (AvgIpc) is 2.83. The number of carboxylic acids is 1. The van der Waals surface area contributed by atoms with Crippen molar-refractivity contribution in [3.63, 3.8) is 0 Å². The summed E-state index contributed by atoms with van der Waals surface area (Å²) in [4.78, 5) is 9.00. The Morgan fingerprint density at radius 1 is 1.38 bits per heavy atom. The van der Waals surface area contributed by atoms with E-state index in [0.717, 1.165) is 43.7 Å². The van der Waals surface area contributed by atoms with Gasteiger partial charge < -0.3 is 14.8 Å². The van der Waals surface area contributed by atoms with Gasteiger partial charge in [0.25, 0.3) is 5.97 Å². The molecule has 1 aliphatic rings. The number of fused-ring (bicyclic) bond motifs is 1. The quantitative estimate of drug-likeness (QED) is 0.889. The van der Waals surface area contributed by atoms with E-state index < -0.39 is 5.97 Å². The number of nitrogens with one attached hydrogen (secondary N) is 1. The van der Waals surface area contributed by atoms with E-state index >= 15 is 0 Å². The van der Waals surface area contributed by atoms with Crippen molar-refractivity contribution < 1.29 is 14.3 Å². The first-order valence-electron chi connectivity index (χ1n) is 7.44. The smallest absolute Gasteiger partial charge is 0.300 e. The van der Waals surface area contributed by atoms with Crippen LogP contribution in [-0.4, -0.2) is 24.2 Å². The summed E-state index contributed by atoms with van der Waals surface area (Å²) >= 11 is 0. The van der Waals surface area contributed by atoms with Crippen LogP contribution in [0.4, 0.5) is 0 Å². The lowest BCUT2D eigenvalue weighted by Gasteiger charge is -2.21. The number of hydrogen-bond acceptors (Lipinski definition) is 3. The predicted molar refractivity (Wildman–Crippen MR) is 83.6 cm³/mol. The van der Waals surface area contributed by atoms with Gasteiger partial charge in [0.1, 0.15) is 11.3 Å². The van der Waals surface area contributed by atoms with E-state index in [4.69, 9.17) is 14.3 Å². The third kappa shape index (κ3) is 4.60. The van der Waals surface area contributed by atoms with Gasteiger partial charge in [0.15, 0.2) is 0 Å². The van der Waals surface area contributed by atoms with E-state index in [0.29, 0.717) is 0 Å². The summed E-state index contributed by atoms with van der Waals surface area (Å²) in [5, 5.41) is 12.1. The summed E-state index contributed by atoms with van der Waals surface area (Å²) in [6, 6.07) is 8.50. The largest absolute Gasteiger partial charge is 0.481 e. The highest BCUT2D eigenvalue weighted by molar-refractivity contribution is 5.81. The first-order valence-corrected chi connectivity index (χ1v) is 7.44. The second-order valence-electron chi connectivity index (χ2n) is 5.62. The van der Waals surface area contributed by atoms with Gasteiger partial charge in [-0.15, -0.1) is 0 Å². The molecule has 114 valence electrons. The Kier molecular flexibility index (Phi) is 5.39. The molecule has 2 aromatic rings. The number of carbonyl (C=O) groups is 1. The lowest BCUT2D eigenvalue weighted by Crippen LogP contribution is -2.28. The number of rotatable bonds is 2. The molecule has 1 aromatic carbocycles. The second kappa shape index (κ2) is 7.27. The number of carboxylic acid groups (broad SMARTS) is 1. The standard InChI is InChI=1S/C15H19NO.C2H4O2/c1-11-3-2-4-15-14(11)10-13(17-15)9-12-5-7-16-8-6-12;1-2(3)4/h2-4,10,12,16H,5-9H2,1H3;1H3,(H,3,4). The topological polar surface area (TPSA) is 62.5 Å². The molecule has 0 amide bonds. The fourth-order valence-electron chi connectivity index (χ4n) is 2.73. The minimum atomic E-state index is -0.833. The van der Waals surface area contributed by atoms with Crippen LogP contribution in [0, 0.1) is 12.8 Å². The molecular weight excluding hydrogens is 266 g/mol. The van der Waals surface area contributed by atoms with Crippen LogP contribution in [0.1, 0.15) is 31.1 Å². The molecule has 2 N–H and O–H groups in total. The van der Waals surface area contributed by atoms with Gasteiger partial charge in [0.2, 0.25) is 0 Å². The molecule has 1 fully saturated rings. The van der Waals surface area contributed by atoms with E-state index in [1.807, 2.05) is 0 Å². The summed E-state index contributed by atoms with van der Waals surface area (Å²) in [5.74, 6) is 1.11. The summed E-state index contributed by atoms with van der Waals surface area (Å²) in [5.41, 5.74) is 2.34. The van der Waals surface area contributed by atoms with E-state index in [1.54, 1.807) is 0 Å². The fourth-order valence-corrected chi connectivity index (χ4v) is 2.73. The van der Waals surface area contributed by atoms with Crippen LogP contribution in [-0.2, 0) is 11.2 Å². The van der Waals surface area contributed by atoms with Crippen molar-refractivity contribution >= 4 is 16.9 Å². The molecule has 1 saturated heterocycles. The first kappa shape index (κ1) is 15.6. The molecule has 4 nitrogen and oxygen atoms in total. The van der Waals surface area contributed by atoms with Gasteiger partial charge in [0, 0.05) is 18.7 Å². The molecule has 21 heavy (non-hydrogen) atoms. The normalized spacial score (nSPS) is 15.5. The third-order valence-corrected chi connectivity index (χ3v) is 3.78. The van der Waals surface area contributed by atoms with Crippen LogP contribution < -0.4 is 5.32 Å². The van der Waals surface area contributed by atoms with Crippen molar-refractivity contribution in [1.29, 1.82) is 0 Å². The Labute approximate surface area is 125 Å². The second-order valence-corrected chi connectivity index (χ2v) is 5.62. The highest BCUT2D eigenvalue weighted by atomic mass is 16.4. The monoisotopic (exact) mass is 289 g/mol. The third-order valence-electron chi connectivity index (χ3n) is 3.78. The summed E-state index contributed by atoms with van der Waals surface area (Å²) in [6.45, 7) is 5.54. The highest BCUT2D eigenvalue weighted by Gasteiger charge is 2.16. The SMILES string of the molecule is CC(=O)O.Cc1cccc2oc(CC3CCNCC3)cc12. The molecule has 0 saturated carbocycles. The summed E-state index contributed by atoms with van der Waals surface area (Å²) in [7, 11) is 0. The Bertz CT molecular complexity index is 593. The molecule has 2 heterocycles. The first-order chi connectivity index (χ1) is 10.1. The maximum Gasteiger partial charge on any atom is 0.300 e. The van der Waals surface area contributed by atoms with Crippen molar-refractivity contribution in [2.45, 2.75) is 33.1 Å². The zero-order chi connectivity index (χ0) is 15.2. The Balaban J connectivity index is 0.000000361. The van der Waals surface area contributed by atoms with Crippen LogP contribution in [0.3, 0.4) is 0 Å². The maximum absolute atomic E-state index is 9.00. The Morgan fingerprint density at radius 2 is 2.05 bits per heavy atom. The van der Waals surface area contributed by atoms with Gasteiger partial charge in [0.05, 0.1) is 0 Å². The molecule has 4 heteroatoms. The zero-order valence-corrected chi connectivity index (χ0v) is 12.7. The molecule has 0 aliphatic carbocycles. The van der Waals surface area contributed by atoms with E-state index in [2.05, 4.69) is 36.5 Å². The number of hydrogen-bond donors (Lipinski definition) is 2. The molecule has 1 aromatic heterocycles. The van der Waals surface area contributed by atoms with Gasteiger partial charge in [-0.2, -0.15) is 0 Å². The molecule has 1 aliphatic heterocycles. The molecule has 0 bridgehead atoms. The van der Waals surface area contributed by atoms with Crippen LogP contribution in [0.2, 0.25) is 0 Å². The maximum atomic E-state index is 9.00. The zero-order valence-electron chi connectivity index (χ0n) is 12.7. The van der Waals surface area contributed by atoms with Crippen molar-refractivity contribution in [3.05, 3.63) is 35.6 Å². The van der Waals surface area contributed by atoms with Crippen LogP contribution in [0.5, 0.6) is 0 Å². The van der Waals surface area contributed by atoms with Gasteiger partial charge in [-0.1, -0.05) is 12.1 Å². The van der Waals surface area contributed by atoms with Gasteiger partial charge in [-0.05, 0) is 56.5 Å².